The Bertz CT molecular complexity index is 1140. The van der Waals surface area contributed by atoms with Crippen molar-refractivity contribution >= 4 is 23.6 Å². The van der Waals surface area contributed by atoms with Crippen LogP contribution in [0.2, 0.25) is 0 Å². The van der Waals surface area contributed by atoms with E-state index in [9.17, 15) is 24.3 Å². The Balaban J connectivity index is 2.17. The van der Waals surface area contributed by atoms with Crippen LogP contribution in [0.1, 0.15) is 45.5 Å². The van der Waals surface area contributed by atoms with Gasteiger partial charge in [-0.3, -0.25) is 24.1 Å². The van der Waals surface area contributed by atoms with Crippen molar-refractivity contribution in [3.63, 3.8) is 0 Å². The SMILES string of the molecule is COc1ccc(-c2nc(C)no2)cc1CC(=O)N[C@H](C(=O)NC(CC(=O)O)C(=O)CN(C)C(C)C)C(C)C. The van der Waals surface area contributed by atoms with Gasteiger partial charge in [-0.15, -0.1) is 0 Å². The lowest BCUT2D eigenvalue weighted by Gasteiger charge is -2.26. The topological polar surface area (TPSA) is 164 Å². The summed E-state index contributed by atoms with van der Waals surface area (Å²) in [5.74, 6) is -1.86. The molecule has 0 aliphatic rings. The van der Waals surface area contributed by atoms with Gasteiger partial charge in [0.05, 0.1) is 32.5 Å². The van der Waals surface area contributed by atoms with Crippen LogP contribution in [-0.2, 0) is 25.6 Å². The second-order valence-electron chi connectivity index (χ2n) is 9.77. The maximum absolute atomic E-state index is 13.1. The van der Waals surface area contributed by atoms with E-state index in [0.29, 0.717) is 28.6 Å². The van der Waals surface area contributed by atoms with Gasteiger partial charge in [0.1, 0.15) is 11.8 Å². The number of nitrogens with zero attached hydrogens (tertiary/aromatic N) is 3. The number of aliphatic carboxylic acids is 1. The van der Waals surface area contributed by atoms with Crippen LogP contribution < -0.4 is 15.4 Å². The minimum Gasteiger partial charge on any atom is -0.496 e. The Hall–Kier alpha value is -3.80. The predicted molar refractivity (Wildman–Crippen MR) is 138 cm³/mol. The van der Waals surface area contributed by atoms with Crippen molar-refractivity contribution in [2.45, 2.75) is 65.6 Å². The highest BCUT2D eigenvalue weighted by Crippen LogP contribution is 2.26. The van der Waals surface area contributed by atoms with Gasteiger partial charge in [-0.2, -0.15) is 4.98 Å². The Morgan fingerprint density at radius 2 is 1.82 bits per heavy atom. The van der Waals surface area contributed by atoms with Gasteiger partial charge in [0.2, 0.25) is 11.8 Å². The fourth-order valence-electron chi connectivity index (χ4n) is 3.62. The zero-order chi connectivity index (χ0) is 28.6. The van der Waals surface area contributed by atoms with Crippen LogP contribution in [0, 0.1) is 12.8 Å². The minimum absolute atomic E-state index is 0.0235. The lowest BCUT2D eigenvalue weighted by Crippen LogP contribution is -2.55. The fraction of sp³-hybridized carbons (Fsp3) is 0.538. The first kappa shape index (κ1) is 30.4. The van der Waals surface area contributed by atoms with Crippen molar-refractivity contribution in [3.05, 3.63) is 29.6 Å². The molecule has 0 spiro atoms. The number of methoxy groups -OCH3 is 1. The van der Waals surface area contributed by atoms with E-state index < -0.39 is 42.1 Å². The molecule has 12 heteroatoms. The number of aryl methyl sites for hydroxylation is 1. The summed E-state index contributed by atoms with van der Waals surface area (Å²) in [6, 6.07) is 2.94. The highest BCUT2D eigenvalue weighted by molar-refractivity contribution is 5.95. The van der Waals surface area contributed by atoms with Gasteiger partial charge < -0.3 is 25.0 Å². The number of hydrogen-bond donors (Lipinski definition) is 3. The van der Waals surface area contributed by atoms with Crippen LogP contribution >= 0.6 is 0 Å². The van der Waals surface area contributed by atoms with E-state index in [1.54, 1.807) is 50.9 Å². The Labute approximate surface area is 222 Å². The molecule has 0 saturated carbocycles. The molecule has 2 atom stereocenters. The molecule has 1 heterocycles. The van der Waals surface area contributed by atoms with Gasteiger partial charge in [-0.1, -0.05) is 19.0 Å². The predicted octanol–water partition coefficient (Wildman–Crippen LogP) is 1.61. The lowest BCUT2D eigenvalue weighted by atomic mass is 10.0. The number of carboxylic acids is 1. The number of carboxylic acid groups (broad SMARTS) is 1. The average molecular weight is 532 g/mol. The van der Waals surface area contributed by atoms with Crippen molar-refractivity contribution in [2.75, 3.05) is 20.7 Å². The number of nitrogens with one attached hydrogen (secondary N) is 2. The molecule has 2 rings (SSSR count). The van der Waals surface area contributed by atoms with E-state index in [-0.39, 0.29) is 24.9 Å². The van der Waals surface area contributed by atoms with Crippen LogP contribution in [0.15, 0.2) is 22.7 Å². The van der Waals surface area contributed by atoms with Gasteiger partial charge >= 0.3 is 5.97 Å². The quantitative estimate of drug-likeness (QED) is 0.326. The molecule has 0 fully saturated rings. The second-order valence-corrected chi connectivity index (χ2v) is 9.77. The first-order valence-corrected chi connectivity index (χ1v) is 12.3. The van der Waals surface area contributed by atoms with E-state index in [4.69, 9.17) is 9.26 Å². The minimum atomic E-state index is -1.23. The van der Waals surface area contributed by atoms with Crippen LogP contribution in [0.5, 0.6) is 5.75 Å². The summed E-state index contributed by atoms with van der Waals surface area (Å²) in [7, 11) is 3.22. The normalized spacial score (nSPS) is 12.9. The number of ketones is 1. The molecule has 1 aromatic heterocycles. The van der Waals surface area contributed by atoms with Crippen molar-refractivity contribution in [1.82, 2.24) is 25.7 Å². The highest BCUT2D eigenvalue weighted by Gasteiger charge is 2.30. The van der Waals surface area contributed by atoms with E-state index >= 15 is 0 Å². The van der Waals surface area contributed by atoms with Gasteiger partial charge in [-0.25, -0.2) is 0 Å². The van der Waals surface area contributed by atoms with E-state index in [1.807, 2.05) is 13.8 Å². The summed E-state index contributed by atoms with van der Waals surface area (Å²) >= 11 is 0. The number of ether oxygens (including phenoxy) is 1. The number of Topliss-reactive ketones (excluding diaryl/α,β-unsaturated/α-hetero) is 1. The number of hydrogen-bond acceptors (Lipinski definition) is 9. The Kier molecular flexibility index (Phi) is 10.9. The van der Waals surface area contributed by atoms with Crippen LogP contribution in [0.3, 0.4) is 0 Å². The third-order valence-corrected chi connectivity index (χ3v) is 6.04. The molecule has 1 aromatic carbocycles. The zero-order valence-corrected chi connectivity index (χ0v) is 22.9. The standard InChI is InChI=1S/C26H37N5O7/c1-14(2)24(25(36)28-19(12-23(34)35)20(32)13-31(6)15(3)4)29-22(33)11-18-10-17(8-9-21(18)37-7)26-27-16(5)30-38-26/h8-10,14-15,19,24H,11-13H2,1-7H3,(H,28,36)(H,29,33)(H,34,35)/t19?,24-/m0/s1. The molecule has 38 heavy (non-hydrogen) atoms. The molecule has 1 unspecified atom stereocenters. The van der Waals surface area contributed by atoms with Gasteiger partial charge in [0.25, 0.3) is 5.89 Å². The Morgan fingerprint density at radius 3 is 2.34 bits per heavy atom. The summed E-state index contributed by atoms with van der Waals surface area (Å²) < 4.78 is 10.6. The summed E-state index contributed by atoms with van der Waals surface area (Å²) in [6.07, 6.45) is -0.675. The fourth-order valence-corrected chi connectivity index (χ4v) is 3.62. The molecule has 0 saturated heterocycles. The molecule has 3 N–H and O–H groups in total. The van der Waals surface area contributed by atoms with Gasteiger partial charge in [0.15, 0.2) is 11.6 Å². The Morgan fingerprint density at radius 1 is 1.13 bits per heavy atom. The van der Waals surface area contributed by atoms with Gasteiger partial charge in [0, 0.05) is 17.2 Å². The van der Waals surface area contributed by atoms with E-state index in [1.165, 1.54) is 7.11 Å². The zero-order valence-electron chi connectivity index (χ0n) is 22.9. The lowest BCUT2D eigenvalue weighted by molar-refractivity contribution is -0.141. The molecule has 0 aliphatic carbocycles. The number of carbonyl (C=O) groups is 4. The number of aromatic nitrogens is 2. The number of likely N-dealkylation sites (N-methyl/N-ethyl adjacent to an activating group) is 1. The van der Waals surface area contributed by atoms with Crippen molar-refractivity contribution < 1.29 is 33.5 Å². The molecule has 12 nitrogen and oxygen atoms in total. The van der Waals surface area contributed by atoms with Crippen LogP contribution in [0.4, 0.5) is 0 Å². The van der Waals surface area contributed by atoms with Crippen molar-refractivity contribution in [3.8, 4) is 17.2 Å². The number of benzene rings is 1. The molecular weight excluding hydrogens is 494 g/mol. The first-order chi connectivity index (χ1) is 17.8. The van der Waals surface area contributed by atoms with Crippen molar-refractivity contribution in [2.24, 2.45) is 5.92 Å². The molecule has 208 valence electrons. The van der Waals surface area contributed by atoms with Crippen LogP contribution in [0.25, 0.3) is 11.5 Å². The molecule has 2 amide bonds. The largest absolute Gasteiger partial charge is 0.496 e. The first-order valence-electron chi connectivity index (χ1n) is 12.3. The average Bonchev–Trinajstić information content (AvgIpc) is 3.27. The number of amides is 2. The number of carbonyl (C=O) groups excluding carboxylic acids is 3. The van der Waals surface area contributed by atoms with Crippen LogP contribution in [-0.4, -0.2) is 82.5 Å². The number of rotatable bonds is 14. The monoisotopic (exact) mass is 531 g/mol. The molecule has 0 bridgehead atoms. The molecule has 2 aromatic rings. The van der Waals surface area contributed by atoms with E-state index in [0.717, 1.165) is 0 Å². The maximum atomic E-state index is 13.1. The summed E-state index contributed by atoms with van der Waals surface area (Å²) in [4.78, 5) is 56.2. The smallest absolute Gasteiger partial charge is 0.305 e. The highest BCUT2D eigenvalue weighted by atomic mass is 16.5. The maximum Gasteiger partial charge on any atom is 0.305 e. The van der Waals surface area contributed by atoms with Crippen molar-refractivity contribution in [1.29, 1.82) is 0 Å². The molecular formula is C26H37N5O7. The molecule has 0 radical (unpaired) electrons. The van der Waals surface area contributed by atoms with Gasteiger partial charge in [-0.05, 0) is 51.9 Å². The third kappa shape index (κ3) is 8.65. The van der Waals surface area contributed by atoms with E-state index in [2.05, 4.69) is 20.8 Å². The summed E-state index contributed by atoms with van der Waals surface area (Å²) in [6.45, 7) is 8.95. The summed E-state index contributed by atoms with van der Waals surface area (Å²) in [5.41, 5.74) is 1.14. The summed E-state index contributed by atoms with van der Waals surface area (Å²) in [5, 5.41) is 18.3. The molecule has 0 aliphatic heterocycles. The third-order valence-electron chi connectivity index (χ3n) is 6.04. The second kappa shape index (κ2) is 13.7.